The van der Waals surface area contributed by atoms with Crippen LogP contribution in [0.4, 0.5) is 4.79 Å². The molecule has 0 aromatic heterocycles. The van der Waals surface area contributed by atoms with Gasteiger partial charge in [-0.05, 0) is 25.7 Å². The molecule has 0 aromatic carbocycles. The number of carbonyl (C=O) groups is 1. The maximum Gasteiger partial charge on any atom is 0.410 e. The summed E-state index contributed by atoms with van der Waals surface area (Å²) in [6, 6.07) is 0.188. The molecule has 1 amide bonds. The van der Waals surface area contributed by atoms with Gasteiger partial charge in [-0.3, -0.25) is 0 Å². The summed E-state index contributed by atoms with van der Waals surface area (Å²) < 4.78 is 5.19. The van der Waals surface area contributed by atoms with Crippen LogP contribution in [0.15, 0.2) is 0 Å². The maximum atomic E-state index is 11.7. The second kappa shape index (κ2) is 6.67. The lowest BCUT2D eigenvalue weighted by atomic mass is 10.0. The average molecular weight is 214 g/mol. The molecule has 1 aliphatic rings. The second-order valence-electron chi connectivity index (χ2n) is 4.05. The van der Waals surface area contributed by atoms with Crippen LogP contribution in [0.3, 0.4) is 0 Å². The molecule has 0 aliphatic carbocycles. The van der Waals surface area contributed by atoms with E-state index in [-0.39, 0.29) is 12.1 Å². The van der Waals surface area contributed by atoms with E-state index in [0.29, 0.717) is 13.2 Å². The van der Waals surface area contributed by atoms with Gasteiger partial charge in [0.25, 0.3) is 0 Å². The number of nitrogens with zero attached hydrogens (tertiary/aromatic N) is 1. The van der Waals surface area contributed by atoms with E-state index >= 15 is 0 Å². The molecule has 4 heteroatoms. The first kappa shape index (κ1) is 12.3. The highest BCUT2D eigenvalue weighted by Gasteiger charge is 2.26. The third-order valence-corrected chi connectivity index (χ3v) is 2.86. The lowest BCUT2D eigenvalue weighted by Crippen LogP contribution is -2.47. The topological polar surface area (TPSA) is 55.6 Å². The molecule has 0 aromatic rings. The van der Waals surface area contributed by atoms with Crippen molar-refractivity contribution in [1.82, 2.24) is 4.90 Å². The fourth-order valence-electron chi connectivity index (χ4n) is 1.87. The summed E-state index contributed by atoms with van der Waals surface area (Å²) in [6.07, 6.45) is 5.05. The number of hydrogen-bond donors (Lipinski definition) is 1. The third-order valence-electron chi connectivity index (χ3n) is 2.86. The zero-order valence-electron chi connectivity index (χ0n) is 9.58. The van der Waals surface area contributed by atoms with E-state index in [1.165, 1.54) is 6.42 Å². The van der Waals surface area contributed by atoms with Crippen molar-refractivity contribution in [1.29, 1.82) is 0 Å². The van der Waals surface area contributed by atoms with Crippen molar-refractivity contribution in [2.45, 2.75) is 45.1 Å². The van der Waals surface area contributed by atoms with Crippen LogP contribution in [0.5, 0.6) is 0 Å². The number of rotatable bonds is 4. The van der Waals surface area contributed by atoms with Gasteiger partial charge in [-0.2, -0.15) is 0 Å². The molecular weight excluding hydrogens is 192 g/mol. The van der Waals surface area contributed by atoms with Gasteiger partial charge in [0.15, 0.2) is 0 Å². The average Bonchev–Trinajstić information content (AvgIpc) is 2.29. The normalized spacial score (nSPS) is 21.5. The molecule has 0 saturated carbocycles. The number of carbonyl (C=O) groups excluding carboxylic acids is 1. The van der Waals surface area contributed by atoms with Crippen LogP contribution in [0.2, 0.25) is 0 Å². The Labute approximate surface area is 91.8 Å². The van der Waals surface area contributed by atoms with Crippen LogP contribution >= 0.6 is 0 Å². The van der Waals surface area contributed by atoms with Crippen molar-refractivity contribution in [3.8, 4) is 0 Å². The number of ether oxygens (including phenoxy) is 1. The van der Waals surface area contributed by atoms with Gasteiger partial charge in [-0.25, -0.2) is 4.79 Å². The van der Waals surface area contributed by atoms with Crippen LogP contribution in [0.1, 0.15) is 39.0 Å². The van der Waals surface area contributed by atoms with Crippen molar-refractivity contribution in [2.75, 3.05) is 19.7 Å². The molecule has 2 N–H and O–H groups in total. The minimum absolute atomic E-state index is 0.182. The number of amides is 1. The Morgan fingerprint density at radius 3 is 3.00 bits per heavy atom. The first-order valence-corrected chi connectivity index (χ1v) is 5.93. The summed E-state index contributed by atoms with van der Waals surface area (Å²) in [4.78, 5) is 13.5. The highest BCUT2D eigenvalue weighted by molar-refractivity contribution is 5.68. The van der Waals surface area contributed by atoms with E-state index in [9.17, 15) is 4.79 Å². The van der Waals surface area contributed by atoms with E-state index < -0.39 is 0 Å². The van der Waals surface area contributed by atoms with Gasteiger partial charge < -0.3 is 15.4 Å². The predicted octanol–water partition coefficient (Wildman–Crippen LogP) is 1.74. The van der Waals surface area contributed by atoms with Gasteiger partial charge in [-0.15, -0.1) is 0 Å². The molecule has 88 valence electrons. The molecule has 1 atom stereocenters. The van der Waals surface area contributed by atoms with Gasteiger partial charge in [0.05, 0.1) is 6.61 Å². The fraction of sp³-hybridized carbons (Fsp3) is 0.909. The van der Waals surface area contributed by atoms with E-state index in [4.69, 9.17) is 10.5 Å². The van der Waals surface area contributed by atoms with Gasteiger partial charge >= 0.3 is 6.09 Å². The standard InChI is InChI=1S/C11H22N2O2/c1-2-3-8-15-11(14)13-7-5-4-6-10(13)9-12/h10H,2-9,12H2,1H3. The first-order chi connectivity index (χ1) is 7.29. The Morgan fingerprint density at radius 2 is 2.33 bits per heavy atom. The van der Waals surface area contributed by atoms with Gasteiger partial charge in [0, 0.05) is 19.1 Å². The summed E-state index contributed by atoms with van der Waals surface area (Å²) >= 11 is 0. The number of likely N-dealkylation sites (tertiary alicyclic amines) is 1. The summed E-state index contributed by atoms with van der Waals surface area (Å²) in [5.41, 5.74) is 5.64. The highest BCUT2D eigenvalue weighted by Crippen LogP contribution is 2.17. The smallest absolute Gasteiger partial charge is 0.410 e. The number of unbranched alkanes of at least 4 members (excludes halogenated alkanes) is 1. The molecule has 4 nitrogen and oxygen atoms in total. The Kier molecular flexibility index (Phi) is 5.47. The number of nitrogens with two attached hydrogens (primary N) is 1. The van der Waals surface area contributed by atoms with Crippen LogP contribution in [-0.2, 0) is 4.74 Å². The van der Waals surface area contributed by atoms with E-state index in [1.54, 1.807) is 4.90 Å². The summed E-state index contributed by atoms with van der Waals surface area (Å²) in [5.74, 6) is 0. The molecule has 0 radical (unpaired) electrons. The summed E-state index contributed by atoms with van der Waals surface area (Å²) in [6.45, 7) is 3.95. The minimum atomic E-state index is -0.182. The zero-order valence-corrected chi connectivity index (χ0v) is 9.58. The molecule has 0 bridgehead atoms. The molecule has 1 aliphatic heterocycles. The number of piperidine rings is 1. The molecule has 15 heavy (non-hydrogen) atoms. The van der Waals surface area contributed by atoms with Crippen molar-refractivity contribution in [2.24, 2.45) is 5.73 Å². The number of hydrogen-bond acceptors (Lipinski definition) is 3. The van der Waals surface area contributed by atoms with Crippen LogP contribution < -0.4 is 5.73 Å². The monoisotopic (exact) mass is 214 g/mol. The Balaban J connectivity index is 2.34. The first-order valence-electron chi connectivity index (χ1n) is 5.93. The molecule has 1 heterocycles. The Bertz CT molecular complexity index is 197. The quantitative estimate of drug-likeness (QED) is 0.725. The van der Waals surface area contributed by atoms with E-state index in [0.717, 1.165) is 32.2 Å². The predicted molar refractivity (Wildman–Crippen MR) is 59.7 cm³/mol. The molecule has 1 unspecified atom stereocenters. The molecule has 1 rings (SSSR count). The highest BCUT2D eigenvalue weighted by atomic mass is 16.6. The van der Waals surface area contributed by atoms with Crippen LogP contribution in [0.25, 0.3) is 0 Å². The van der Waals surface area contributed by atoms with Crippen molar-refractivity contribution >= 4 is 6.09 Å². The van der Waals surface area contributed by atoms with Gasteiger partial charge in [-0.1, -0.05) is 13.3 Å². The maximum absolute atomic E-state index is 11.7. The zero-order chi connectivity index (χ0) is 11.1. The Hall–Kier alpha value is -0.770. The van der Waals surface area contributed by atoms with Crippen molar-refractivity contribution < 1.29 is 9.53 Å². The van der Waals surface area contributed by atoms with Crippen LogP contribution in [0, 0.1) is 0 Å². The van der Waals surface area contributed by atoms with E-state index in [2.05, 4.69) is 6.92 Å². The van der Waals surface area contributed by atoms with Crippen molar-refractivity contribution in [3.05, 3.63) is 0 Å². The fourth-order valence-corrected chi connectivity index (χ4v) is 1.87. The minimum Gasteiger partial charge on any atom is -0.449 e. The largest absolute Gasteiger partial charge is 0.449 e. The van der Waals surface area contributed by atoms with E-state index in [1.807, 2.05) is 0 Å². The molecule has 1 fully saturated rings. The van der Waals surface area contributed by atoms with Crippen molar-refractivity contribution in [3.63, 3.8) is 0 Å². The molecule has 1 saturated heterocycles. The lowest BCUT2D eigenvalue weighted by Gasteiger charge is -2.34. The second-order valence-corrected chi connectivity index (χ2v) is 4.05. The molecule has 0 spiro atoms. The van der Waals surface area contributed by atoms with Gasteiger partial charge in [0.1, 0.15) is 0 Å². The Morgan fingerprint density at radius 1 is 1.53 bits per heavy atom. The van der Waals surface area contributed by atoms with Crippen LogP contribution in [-0.4, -0.2) is 36.7 Å². The third kappa shape index (κ3) is 3.70. The summed E-state index contributed by atoms with van der Waals surface area (Å²) in [5, 5.41) is 0. The lowest BCUT2D eigenvalue weighted by molar-refractivity contribution is 0.0741. The van der Waals surface area contributed by atoms with Gasteiger partial charge in [0.2, 0.25) is 0 Å². The SMILES string of the molecule is CCCCOC(=O)N1CCCCC1CN. The molecular formula is C11H22N2O2. The summed E-state index contributed by atoms with van der Waals surface area (Å²) in [7, 11) is 0.